The van der Waals surface area contributed by atoms with Crippen molar-refractivity contribution >= 4 is 0 Å². The fourth-order valence-electron chi connectivity index (χ4n) is 9.81. The van der Waals surface area contributed by atoms with Crippen LogP contribution in [0.4, 0.5) is 0 Å². The topological polar surface area (TPSA) is 18.5 Å². The molecule has 0 amide bonds. The van der Waals surface area contributed by atoms with Gasteiger partial charge in [0.2, 0.25) is 0 Å². The quantitative estimate of drug-likeness (QED) is 0.323. The van der Waals surface area contributed by atoms with Crippen molar-refractivity contribution in [1.29, 1.82) is 0 Å². The Morgan fingerprint density at radius 2 is 0.889 bits per heavy atom. The predicted molar refractivity (Wildman–Crippen MR) is 148 cm³/mol. The molecule has 3 aromatic carbocycles. The fourth-order valence-corrected chi connectivity index (χ4v) is 9.81. The van der Waals surface area contributed by atoms with Crippen LogP contribution in [0.25, 0.3) is 0 Å². The minimum Gasteiger partial charge on any atom is -0.497 e. The van der Waals surface area contributed by atoms with E-state index in [1.54, 1.807) is 25.3 Å². The largest absolute Gasteiger partial charge is 0.497 e. The van der Waals surface area contributed by atoms with Gasteiger partial charge in [0.05, 0.1) is 14.2 Å². The van der Waals surface area contributed by atoms with Gasteiger partial charge < -0.3 is 9.47 Å². The Morgan fingerprint density at radius 3 is 1.25 bits per heavy atom. The maximum absolute atomic E-state index is 5.86. The van der Waals surface area contributed by atoms with Gasteiger partial charge in [-0.2, -0.15) is 0 Å². The zero-order valence-corrected chi connectivity index (χ0v) is 22.8. The van der Waals surface area contributed by atoms with E-state index in [0.29, 0.717) is 0 Å². The molecule has 2 nitrogen and oxygen atoms in total. The molecule has 0 bridgehead atoms. The molecule has 4 unspecified atom stereocenters. The highest BCUT2D eigenvalue weighted by atomic mass is 16.5. The average molecular weight is 481 g/mol. The van der Waals surface area contributed by atoms with E-state index in [-0.39, 0.29) is 21.7 Å². The zero-order chi connectivity index (χ0) is 25.3. The second-order valence-corrected chi connectivity index (χ2v) is 11.5. The molecule has 3 aliphatic carbocycles. The molecule has 0 fully saturated rings. The standard InChI is InChI=1S/C34H40O2/c1-7-18-32-25-12-10-11-13-26(25)33(19-8-2)30-22-24(36-6)15-17-28(30)34(20-9-3,31(32,33)4)29-21-23(35-5)14-16-27(29)32/h10-17,21-22H,7-9,18-20H2,1-6H3. The van der Waals surface area contributed by atoms with Gasteiger partial charge in [-0.05, 0) is 76.9 Å². The minimum absolute atomic E-state index is 0.0257. The SMILES string of the molecule is CCCC12c3ccccc3C3(CCC)c4cc(OC)ccc4C(CCC)(c4cc(OC)ccc41)C23C. The van der Waals surface area contributed by atoms with Crippen molar-refractivity contribution in [3.63, 3.8) is 0 Å². The van der Waals surface area contributed by atoms with Gasteiger partial charge in [0, 0.05) is 21.7 Å². The van der Waals surface area contributed by atoms with E-state index in [2.05, 4.69) is 88.4 Å². The molecule has 0 radical (unpaired) electrons. The lowest BCUT2D eigenvalue weighted by molar-refractivity contribution is 0.0540. The van der Waals surface area contributed by atoms with Crippen molar-refractivity contribution in [2.45, 2.75) is 82.5 Å². The van der Waals surface area contributed by atoms with Crippen LogP contribution in [0.15, 0.2) is 60.7 Å². The molecular formula is C34H40O2. The highest BCUT2D eigenvalue weighted by molar-refractivity contribution is 5.78. The second-order valence-electron chi connectivity index (χ2n) is 11.5. The summed E-state index contributed by atoms with van der Waals surface area (Å²) in [5.74, 6) is 1.94. The number of benzene rings is 3. The van der Waals surface area contributed by atoms with Crippen LogP contribution in [-0.2, 0) is 16.2 Å². The molecule has 3 aromatic rings. The molecule has 188 valence electrons. The van der Waals surface area contributed by atoms with Gasteiger partial charge in [0.15, 0.2) is 0 Å². The summed E-state index contributed by atoms with van der Waals surface area (Å²) >= 11 is 0. The summed E-state index contributed by atoms with van der Waals surface area (Å²) in [5, 5.41) is 0. The van der Waals surface area contributed by atoms with E-state index in [1.807, 2.05) is 0 Å². The highest BCUT2D eigenvalue weighted by Gasteiger charge is 2.82. The maximum atomic E-state index is 5.86. The van der Waals surface area contributed by atoms with Crippen molar-refractivity contribution < 1.29 is 9.47 Å². The summed E-state index contributed by atoms with van der Waals surface area (Å²) in [4.78, 5) is 0. The average Bonchev–Trinajstić information content (AvgIpc) is 3.31. The Balaban J connectivity index is 1.89. The van der Waals surface area contributed by atoms with Crippen LogP contribution in [0.5, 0.6) is 11.5 Å². The molecule has 2 heteroatoms. The third kappa shape index (κ3) is 2.23. The number of methoxy groups -OCH3 is 2. The normalized spacial score (nSPS) is 30.5. The van der Waals surface area contributed by atoms with Crippen LogP contribution in [0.1, 0.15) is 99.6 Å². The number of fused-ring (bicyclic) bond motifs is 9. The highest BCUT2D eigenvalue weighted by Crippen LogP contribution is 2.85. The van der Waals surface area contributed by atoms with Crippen LogP contribution in [0.3, 0.4) is 0 Å². The molecule has 3 aliphatic rings. The van der Waals surface area contributed by atoms with Crippen molar-refractivity contribution in [1.82, 2.24) is 0 Å². The van der Waals surface area contributed by atoms with Crippen LogP contribution in [0, 0.1) is 5.41 Å². The Hall–Kier alpha value is -2.74. The van der Waals surface area contributed by atoms with Crippen molar-refractivity contribution in [3.05, 3.63) is 94.0 Å². The third-order valence-electron chi connectivity index (χ3n) is 10.6. The Kier molecular flexibility index (Phi) is 5.17. The monoisotopic (exact) mass is 480 g/mol. The zero-order valence-electron chi connectivity index (χ0n) is 22.8. The Labute approximate surface area is 217 Å². The first-order valence-corrected chi connectivity index (χ1v) is 14.0. The van der Waals surface area contributed by atoms with Gasteiger partial charge in [0.1, 0.15) is 11.5 Å². The summed E-state index contributed by atoms with van der Waals surface area (Å²) in [6, 6.07) is 23.5. The van der Waals surface area contributed by atoms with E-state index < -0.39 is 0 Å². The van der Waals surface area contributed by atoms with Crippen molar-refractivity contribution in [3.8, 4) is 11.5 Å². The fraction of sp³-hybridized carbons (Fsp3) is 0.471. The first kappa shape index (κ1) is 23.6. The van der Waals surface area contributed by atoms with Gasteiger partial charge >= 0.3 is 0 Å². The lowest BCUT2D eigenvalue weighted by Crippen LogP contribution is -2.54. The lowest BCUT2D eigenvalue weighted by Gasteiger charge is -2.53. The number of rotatable bonds is 8. The molecule has 6 rings (SSSR count). The third-order valence-corrected chi connectivity index (χ3v) is 10.6. The van der Waals surface area contributed by atoms with E-state index in [1.165, 1.54) is 22.3 Å². The summed E-state index contributed by atoms with van der Waals surface area (Å²) in [7, 11) is 3.61. The lowest BCUT2D eigenvalue weighted by atomic mass is 9.48. The number of ether oxygens (including phenoxy) is 2. The van der Waals surface area contributed by atoms with Crippen LogP contribution >= 0.6 is 0 Å². The Bertz CT molecular complexity index is 1330. The molecule has 0 saturated carbocycles. The van der Waals surface area contributed by atoms with Gasteiger partial charge in [0.25, 0.3) is 0 Å². The summed E-state index contributed by atoms with van der Waals surface area (Å²) in [5.41, 5.74) is 8.93. The van der Waals surface area contributed by atoms with E-state index in [0.717, 1.165) is 50.0 Å². The summed E-state index contributed by atoms with van der Waals surface area (Å²) in [6.45, 7) is 9.77. The molecule has 0 saturated heterocycles. The van der Waals surface area contributed by atoms with E-state index in [9.17, 15) is 0 Å². The van der Waals surface area contributed by atoms with Crippen LogP contribution in [0.2, 0.25) is 0 Å². The summed E-state index contributed by atoms with van der Waals surface area (Å²) < 4.78 is 11.7. The smallest absolute Gasteiger partial charge is 0.119 e. The molecular weight excluding hydrogens is 440 g/mol. The predicted octanol–water partition coefficient (Wildman–Crippen LogP) is 8.31. The molecule has 36 heavy (non-hydrogen) atoms. The van der Waals surface area contributed by atoms with Crippen molar-refractivity contribution in [2.75, 3.05) is 14.2 Å². The maximum Gasteiger partial charge on any atom is 0.119 e. The number of hydrogen-bond donors (Lipinski definition) is 0. The van der Waals surface area contributed by atoms with Crippen LogP contribution < -0.4 is 9.47 Å². The van der Waals surface area contributed by atoms with E-state index >= 15 is 0 Å². The first-order valence-electron chi connectivity index (χ1n) is 14.0. The number of hydrogen-bond acceptors (Lipinski definition) is 2. The second kappa shape index (κ2) is 7.88. The molecule has 0 aliphatic heterocycles. The van der Waals surface area contributed by atoms with E-state index in [4.69, 9.17) is 9.47 Å². The molecule has 0 heterocycles. The van der Waals surface area contributed by atoms with Crippen molar-refractivity contribution in [2.24, 2.45) is 5.41 Å². The molecule has 4 atom stereocenters. The summed E-state index contributed by atoms with van der Waals surface area (Å²) in [6.07, 6.45) is 6.86. The Morgan fingerprint density at radius 1 is 0.528 bits per heavy atom. The molecule has 0 spiro atoms. The van der Waals surface area contributed by atoms with Gasteiger partial charge in [-0.15, -0.1) is 0 Å². The minimum atomic E-state index is -0.0867. The van der Waals surface area contributed by atoms with Gasteiger partial charge in [-0.3, -0.25) is 0 Å². The van der Waals surface area contributed by atoms with Gasteiger partial charge in [-0.1, -0.05) is 83.4 Å². The molecule has 0 N–H and O–H groups in total. The van der Waals surface area contributed by atoms with Gasteiger partial charge in [-0.25, -0.2) is 0 Å². The van der Waals surface area contributed by atoms with Crippen LogP contribution in [-0.4, -0.2) is 14.2 Å². The first-order chi connectivity index (χ1) is 17.5. The molecule has 0 aromatic heterocycles.